The molecule has 34 heavy (non-hydrogen) atoms. The average Bonchev–Trinajstić information content (AvgIpc) is 3.34. The maximum atomic E-state index is 13.8. The number of hydrogen-bond donors (Lipinski definition) is 0. The van der Waals surface area contributed by atoms with Gasteiger partial charge in [-0.1, -0.05) is 84.4 Å². The van der Waals surface area contributed by atoms with E-state index in [1.165, 1.54) is 5.56 Å². The van der Waals surface area contributed by atoms with E-state index < -0.39 is 0 Å². The van der Waals surface area contributed by atoms with Crippen LogP contribution < -0.4 is 4.74 Å². The minimum absolute atomic E-state index is 0.101. The van der Waals surface area contributed by atoms with Crippen LogP contribution in [-0.4, -0.2) is 36.3 Å². The molecule has 5 nitrogen and oxygen atoms in total. The number of oxime groups is 1. The summed E-state index contributed by atoms with van der Waals surface area (Å²) in [6.45, 7) is 5.08. The Morgan fingerprint density at radius 1 is 1.09 bits per heavy atom. The number of methoxy groups -OCH3 is 1. The van der Waals surface area contributed by atoms with Gasteiger partial charge >= 0.3 is 0 Å². The van der Waals surface area contributed by atoms with Gasteiger partial charge in [0.15, 0.2) is 6.10 Å². The van der Waals surface area contributed by atoms with E-state index in [4.69, 9.17) is 9.57 Å². The summed E-state index contributed by atoms with van der Waals surface area (Å²) >= 11 is 0. The molecule has 1 aliphatic heterocycles. The van der Waals surface area contributed by atoms with E-state index in [9.17, 15) is 4.79 Å². The van der Waals surface area contributed by atoms with E-state index in [2.05, 4.69) is 43.3 Å². The van der Waals surface area contributed by atoms with E-state index >= 15 is 0 Å². The molecule has 2 unspecified atom stereocenters. The molecule has 3 aromatic carbocycles. The van der Waals surface area contributed by atoms with Gasteiger partial charge in [0.25, 0.3) is 0 Å². The van der Waals surface area contributed by atoms with Gasteiger partial charge in [-0.15, -0.1) is 0 Å². The van der Waals surface area contributed by atoms with Crippen LogP contribution in [0.3, 0.4) is 0 Å². The summed E-state index contributed by atoms with van der Waals surface area (Å²) < 4.78 is 5.39. The second kappa shape index (κ2) is 11.0. The van der Waals surface area contributed by atoms with Gasteiger partial charge in [-0.05, 0) is 42.2 Å². The summed E-state index contributed by atoms with van der Waals surface area (Å²) in [5.41, 5.74) is 5.26. The van der Waals surface area contributed by atoms with Crippen molar-refractivity contribution in [1.29, 1.82) is 0 Å². The number of nitrogens with zero attached hydrogens (tertiary/aromatic N) is 2. The predicted octanol–water partition coefficient (Wildman–Crippen LogP) is 5.72. The van der Waals surface area contributed by atoms with E-state index in [0.29, 0.717) is 19.5 Å². The van der Waals surface area contributed by atoms with Crippen molar-refractivity contribution in [3.05, 3.63) is 101 Å². The van der Waals surface area contributed by atoms with Crippen molar-refractivity contribution in [1.82, 2.24) is 4.90 Å². The van der Waals surface area contributed by atoms with Gasteiger partial charge < -0.3 is 14.5 Å². The smallest absolute Gasteiger partial charge is 0.230 e. The van der Waals surface area contributed by atoms with Crippen LogP contribution in [0.15, 0.2) is 84.0 Å². The van der Waals surface area contributed by atoms with E-state index in [1.54, 1.807) is 7.11 Å². The number of hydrogen-bond acceptors (Lipinski definition) is 4. The van der Waals surface area contributed by atoms with Gasteiger partial charge in [-0.25, -0.2) is 0 Å². The van der Waals surface area contributed by atoms with Crippen LogP contribution in [0.2, 0.25) is 0 Å². The zero-order valence-electron chi connectivity index (χ0n) is 20.1. The molecule has 176 valence electrons. The Balaban J connectivity index is 1.53. The van der Waals surface area contributed by atoms with Crippen molar-refractivity contribution in [2.45, 2.75) is 45.3 Å². The van der Waals surface area contributed by atoms with Crippen LogP contribution in [0, 0.1) is 6.92 Å². The zero-order valence-corrected chi connectivity index (χ0v) is 20.1. The fourth-order valence-electron chi connectivity index (χ4n) is 4.37. The molecule has 0 bridgehead atoms. The largest absolute Gasteiger partial charge is 0.497 e. The Hall–Kier alpha value is -3.60. The molecule has 0 aromatic heterocycles. The molecular formula is C29H32N2O3. The molecule has 5 heteroatoms. The first kappa shape index (κ1) is 23.6. The highest BCUT2D eigenvalue weighted by atomic mass is 16.6. The lowest BCUT2D eigenvalue weighted by atomic mass is 9.94. The Bertz CT molecular complexity index is 1130. The van der Waals surface area contributed by atoms with E-state index in [0.717, 1.165) is 34.6 Å². The van der Waals surface area contributed by atoms with Gasteiger partial charge in [-0.2, -0.15) is 0 Å². The van der Waals surface area contributed by atoms with Crippen molar-refractivity contribution in [2.75, 3.05) is 13.7 Å². The molecular weight excluding hydrogens is 424 g/mol. The third kappa shape index (κ3) is 5.66. The molecule has 0 aliphatic carbocycles. The molecule has 3 aromatic rings. The summed E-state index contributed by atoms with van der Waals surface area (Å²) in [6.07, 6.45) is 1.22. The minimum Gasteiger partial charge on any atom is -0.497 e. The summed E-state index contributed by atoms with van der Waals surface area (Å²) in [4.78, 5) is 21.5. The number of amides is 1. The number of carbonyl (C=O) groups excluding carboxylic acids is 1. The first-order valence-electron chi connectivity index (χ1n) is 11.8. The Kier molecular flexibility index (Phi) is 7.63. The van der Waals surface area contributed by atoms with Crippen LogP contribution in [-0.2, 0) is 16.2 Å². The quantitative estimate of drug-likeness (QED) is 0.414. The van der Waals surface area contributed by atoms with Gasteiger partial charge in [0.05, 0.1) is 25.3 Å². The standard InChI is InChI=1S/C29H32N2O3/c1-4-27(23-10-6-5-7-11-23)29(32)31(19-22-9-8-12-25(17-22)33-3)20-26-18-28(30-34-26)24-15-13-21(2)14-16-24/h5-17,26-27H,4,18-20H2,1-3H3. The summed E-state index contributed by atoms with van der Waals surface area (Å²) in [5.74, 6) is 0.678. The van der Waals surface area contributed by atoms with Crippen molar-refractivity contribution in [3.8, 4) is 5.75 Å². The fraction of sp³-hybridized carbons (Fsp3) is 0.310. The lowest BCUT2D eigenvalue weighted by molar-refractivity contribution is -0.135. The van der Waals surface area contributed by atoms with Crippen molar-refractivity contribution in [3.63, 3.8) is 0 Å². The Morgan fingerprint density at radius 2 is 1.85 bits per heavy atom. The lowest BCUT2D eigenvalue weighted by Gasteiger charge is -2.29. The SMILES string of the molecule is CCC(C(=O)N(Cc1cccc(OC)c1)CC1CC(c2ccc(C)cc2)=NO1)c1ccccc1. The van der Waals surface area contributed by atoms with Crippen molar-refractivity contribution in [2.24, 2.45) is 5.16 Å². The number of aryl methyl sites for hydroxylation is 1. The monoisotopic (exact) mass is 456 g/mol. The molecule has 4 rings (SSSR count). The number of benzene rings is 3. The summed E-state index contributed by atoms with van der Waals surface area (Å²) in [6, 6.07) is 26.2. The Morgan fingerprint density at radius 3 is 2.56 bits per heavy atom. The maximum Gasteiger partial charge on any atom is 0.230 e. The molecule has 0 N–H and O–H groups in total. The minimum atomic E-state index is -0.203. The third-order valence-corrected chi connectivity index (χ3v) is 6.27. The van der Waals surface area contributed by atoms with Gasteiger partial charge in [-0.3, -0.25) is 4.79 Å². The molecule has 0 saturated heterocycles. The van der Waals surface area contributed by atoms with Crippen LogP contribution in [0.5, 0.6) is 5.75 Å². The average molecular weight is 457 g/mol. The summed E-state index contributed by atoms with van der Waals surface area (Å²) in [7, 11) is 1.65. The van der Waals surface area contributed by atoms with Gasteiger partial charge in [0, 0.05) is 13.0 Å². The highest BCUT2D eigenvalue weighted by Gasteiger charge is 2.30. The molecule has 2 atom stereocenters. The first-order chi connectivity index (χ1) is 16.6. The second-order valence-corrected chi connectivity index (χ2v) is 8.78. The molecule has 0 radical (unpaired) electrons. The van der Waals surface area contributed by atoms with E-state index in [1.807, 2.05) is 59.5 Å². The molecule has 1 aliphatic rings. The number of carbonyl (C=O) groups is 1. The Labute approximate surface area is 202 Å². The number of ether oxygens (including phenoxy) is 1. The third-order valence-electron chi connectivity index (χ3n) is 6.27. The van der Waals surface area contributed by atoms with Crippen LogP contribution in [0.1, 0.15) is 47.9 Å². The summed E-state index contributed by atoms with van der Waals surface area (Å²) in [5, 5.41) is 4.35. The zero-order chi connectivity index (χ0) is 23.9. The molecule has 0 fully saturated rings. The predicted molar refractivity (Wildman–Crippen MR) is 135 cm³/mol. The van der Waals surface area contributed by atoms with Crippen molar-refractivity contribution < 1.29 is 14.4 Å². The topological polar surface area (TPSA) is 51.1 Å². The van der Waals surface area contributed by atoms with E-state index in [-0.39, 0.29) is 17.9 Å². The van der Waals surface area contributed by atoms with Gasteiger partial charge in [0.2, 0.25) is 5.91 Å². The van der Waals surface area contributed by atoms with Crippen LogP contribution in [0.25, 0.3) is 0 Å². The van der Waals surface area contributed by atoms with Gasteiger partial charge in [0.1, 0.15) is 5.75 Å². The fourth-order valence-corrected chi connectivity index (χ4v) is 4.37. The molecule has 0 saturated carbocycles. The molecule has 1 amide bonds. The lowest BCUT2D eigenvalue weighted by Crippen LogP contribution is -2.40. The molecule has 1 heterocycles. The number of rotatable bonds is 9. The first-order valence-corrected chi connectivity index (χ1v) is 11.8. The highest BCUT2D eigenvalue weighted by molar-refractivity contribution is 6.01. The normalized spacial score (nSPS) is 15.9. The van der Waals surface area contributed by atoms with Crippen LogP contribution >= 0.6 is 0 Å². The van der Waals surface area contributed by atoms with Crippen molar-refractivity contribution >= 4 is 11.6 Å². The van der Waals surface area contributed by atoms with Crippen LogP contribution in [0.4, 0.5) is 0 Å². The second-order valence-electron chi connectivity index (χ2n) is 8.78. The molecule has 0 spiro atoms. The highest BCUT2D eigenvalue weighted by Crippen LogP contribution is 2.26. The maximum absolute atomic E-state index is 13.8.